The lowest BCUT2D eigenvalue weighted by Gasteiger charge is -2.13. The maximum Gasteiger partial charge on any atom is 0.342 e. The second kappa shape index (κ2) is 5.35. The van der Waals surface area contributed by atoms with Gasteiger partial charge in [-0.15, -0.1) is 0 Å². The lowest BCUT2D eigenvalue weighted by atomic mass is 10.1. The summed E-state index contributed by atoms with van der Waals surface area (Å²) >= 11 is 0. The molecule has 7 heteroatoms. The fourth-order valence-corrected chi connectivity index (χ4v) is 1.67. The number of methoxy groups -OCH3 is 1. The summed E-state index contributed by atoms with van der Waals surface area (Å²) in [5.41, 5.74) is -0.768. The van der Waals surface area contributed by atoms with E-state index in [0.717, 1.165) is 6.07 Å². The molecule has 0 aliphatic carbocycles. The van der Waals surface area contributed by atoms with E-state index in [-0.39, 0.29) is 17.1 Å². The number of rotatable bonds is 5. The van der Waals surface area contributed by atoms with E-state index >= 15 is 0 Å². The molecule has 0 fully saturated rings. The van der Waals surface area contributed by atoms with Crippen molar-refractivity contribution in [1.82, 2.24) is 0 Å². The molecular formula is C11H13NO6. The lowest BCUT2D eigenvalue weighted by Crippen LogP contribution is -2.08. The molecular weight excluding hydrogens is 242 g/mol. The van der Waals surface area contributed by atoms with Gasteiger partial charge in [0.2, 0.25) is 0 Å². The van der Waals surface area contributed by atoms with Gasteiger partial charge in [-0.2, -0.15) is 0 Å². The fourth-order valence-electron chi connectivity index (χ4n) is 1.67. The summed E-state index contributed by atoms with van der Waals surface area (Å²) in [6.07, 6.45) is 0. The van der Waals surface area contributed by atoms with Crippen LogP contribution in [0.1, 0.15) is 22.8 Å². The molecule has 0 saturated heterocycles. The summed E-state index contributed by atoms with van der Waals surface area (Å²) in [4.78, 5) is 21.2. The first-order valence-electron chi connectivity index (χ1n) is 5.16. The topological polar surface area (TPSA) is 98.9 Å². The van der Waals surface area contributed by atoms with Crippen LogP contribution >= 0.6 is 0 Å². The van der Waals surface area contributed by atoms with Crippen LogP contribution in [-0.4, -0.2) is 29.7 Å². The van der Waals surface area contributed by atoms with Gasteiger partial charge in [0, 0.05) is 6.07 Å². The van der Waals surface area contributed by atoms with E-state index in [9.17, 15) is 14.9 Å². The van der Waals surface area contributed by atoms with Crippen molar-refractivity contribution in [3.8, 4) is 11.5 Å². The van der Waals surface area contributed by atoms with Crippen LogP contribution in [0.4, 0.5) is 5.69 Å². The average molecular weight is 255 g/mol. The molecule has 0 radical (unpaired) electrons. The third kappa shape index (κ3) is 2.34. The Balaban J connectivity index is 3.61. The highest BCUT2D eigenvalue weighted by Crippen LogP contribution is 2.39. The first kappa shape index (κ1) is 13.8. The molecule has 18 heavy (non-hydrogen) atoms. The van der Waals surface area contributed by atoms with Crippen molar-refractivity contribution in [2.75, 3.05) is 13.7 Å². The van der Waals surface area contributed by atoms with Gasteiger partial charge in [0.05, 0.1) is 24.2 Å². The molecule has 0 unspecified atom stereocenters. The Morgan fingerprint density at radius 1 is 1.56 bits per heavy atom. The van der Waals surface area contributed by atoms with Crippen molar-refractivity contribution in [2.24, 2.45) is 0 Å². The van der Waals surface area contributed by atoms with Gasteiger partial charge in [-0.1, -0.05) is 0 Å². The molecule has 0 saturated carbocycles. The second-order valence-electron chi connectivity index (χ2n) is 3.42. The Morgan fingerprint density at radius 2 is 2.17 bits per heavy atom. The molecule has 0 aliphatic rings. The quantitative estimate of drug-likeness (QED) is 0.638. The van der Waals surface area contributed by atoms with E-state index in [1.54, 1.807) is 6.92 Å². The van der Waals surface area contributed by atoms with Crippen molar-refractivity contribution < 1.29 is 24.3 Å². The minimum Gasteiger partial charge on any atom is -0.492 e. The first-order valence-corrected chi connectivity index (χ1v) is 5.16. The Bertz CT molecular complexity index is 497. The summed E-state index contributed by atoms with van der Waals surface area (Å²) in [5.74, 6) is -1.03. The first-order chi connectivity index (χ1) is 8.43. The van der Waals surface area contributed by atoms with Gasteiger partial charge in [-0.3, -0.25) is 10.1 Å². The van der Waals surface area contributed by atoms with Crippen molar-refractivity contribution in [1.29, 1.82) is 0 Å². The highest BCUT2D eigenvalue weighted by molar-refractivity contribution is 5.94. The Hall–Kier alpha value is -2.31. The maximum absolute atomic E-state index is 11.0. The Morgan fingerprint density at radius 3 is 2.56 bits per heavy atom. The van der Waals surface area contributed by atoms with Crippen LogP contribution < -0.4 is 9.47 Å². The SMILES string of the molecule is CCOc1cc(C(=O)O)c([N+](=O)[O-])c(C)c1OC. The van der Waals surface area contributed by atoms with Gasteiger partial charge in [0.25, 0.3) is 5.69 Å². The monoisotopic (exact) mass is 255 g/mol. The number of nitro benzene ring substituents is 1. The van der Waals surface area contributed by atoms with Crippen molar-refractivity contribution in [2.45, 2.75) is 13.8 Å². The molecule has 1 N–H and O–H groups in total. The summed E-state index contributed by atoms with van der Waals surface area (Å²) in [5, 5.41) is 19.9. The zero-order valence-electron chi connectivity index (χ0n) is 10.2. The van der Waals surface area contributed by atoms with E-state index < -0.39 is 22.1 Å². The largest absolute Gasteiger partial charge is 0.492 e. The number of hydrogen-bond acceptors (Lipinski definition) is 5. The minimum absolute atomic E-state index is 0.130. The molecule has 98 valence electrons. The molecule has 0 heterocycles. The number of carbonyl (C=O) groups is 1. The molecule has 0 amide bonds. The maximum atomic E-state index is 11.0. The van der Waals surface area contributed by atoms with Crippen LogP contribution in [0.15, 0.2) is 6.07 Å². The molecule has 7 nitrogen and oxygen atoms in total. The molecule has 0 spiro atoms. The number of carboxylic acid groups (broad SMARTS) is 1. The van der Waals surface area contributed by atoms with Gasteiger partial charge in [-0.25, -0.2) is 4.79 Å². The minimum atomic E-state index is -1.38. The number of ether oxygens (including phenoxy) is 2. The molecule has 1 rings (SSSR count). The van der Waals surface area contributed by atoms with E-state index in [1.165, 1.54) is 14.0 Å². The van der Waals surface area contributed by atoms with E-state index in [4.69, 9.17) is 14.6 Å². The third-order valence-corrected chi connectivity index (χ3v) is 2.37. The van der Waals surface area contributed by atoms with Crippen molar-refractivity contribution in [3.63, 3.8) is 0 Å². The molecule has 0 atom stereocenters. The standard InChI is InChI=1S/C11H13NO6/c1-4-18-8-5-7(11(13)14)9(12(15)16)6(2)10(8)17-3/h5H,4H2,1-3H3,(H,13,14). The Labute approximate surface area is 103 Å². The van der Waals surface area contributed by atoms with Crippen LogP contribution in [0.3, 0.4) is 0 Å². The summed E-state index contributed by atoms with van der Waals surface area (Å²) < 4.78 is 10.3. The summed E-state index contributed by atoms with van der Waals surface area (Å²) in [6.45, 7) is 3.44. The highest BCUT2D eigenvalue weighted by atomic mass is 16.6. The van der Waals surface area contributed by atoms with Gasteiger partial charge >= 0.3 is 5.97 Å². The smallest absolute Gasteiger partial charge is 0.342 e. The number of benzene rings is 1. The van der Waals surface area contributed by atoms with Gasteiger partial charge in [-0.05, 0) is 13.8 Å². The van der Waals surface area contributed by atoms with Gasteiger partial charge in [0.1, 0.15) is 5.56 Å². The zero-order chi connectivity index (χ0) is 13.9. The normalized spacial score (nSPS) is 9.94. The molecule has 0 aliphatic heterocycles. The average Bonchev–Trinajstić information content (AvgIpc) is 2.28. The molecule has 1 aromatic rings. The van der Waals surface area contributed by atoms with Crippen molar-refractivity contribution in [3.05, 3.63) is 27.3 Å². The van der Waals surface area contributed by atoms with Crippen LogP contribution in [0, 0.1) is 17.0 Å². The summed E-state index contributed by atoms with van der Waals surface area (Å²) in [7, 11) is 1.34. The van der Waals surface area contributed by atoms with Gasteiger partial charge < -0.3 is 14.6 Å². The van der Waals surface area contributed by atoms with Crippen LogP contribution in [0.5, 0.6) is 11.5 Å². The predicted molar refractivity (Wildman–Crippen MR) is 62.5 cm³/mol. The number of nitrogens with zero attached hydrogens (tertiary/aromatic N) is 1. The van der Waals surface area contributed by atoms with Crippen LogP contribution in [-0.2, 0) is 0 Å². The molecule has 0 bridgehead atoms. The summed E-state index contributed by atoms with van der Waals surface area (Å²) in [6, 6.07) is 1.11. The second-order valence-corrected chi connectivity index (χ2v) is 3.42. The van der Waals surface area contributed by atoms with E-state index in [0.29, 0.717) is 6.61 Å². The third-order valence-electron chi connectivity index (χ3n) is 2.37. The fraction of sp³-hybridized carbons (Fsp3) is 0.364. The zero-order valence-corrected chi connectivity index (χ0v) is 10.2. The predicted octanol–water partition coefficient (Wildman–Crippen LogP) is 2.01. The number of nitro groups is 1. The molecule has 0 aromatic heterocycles. The van der Waals surface area contributed by atoms with Crippen molar-refractivity contribution >= 4 is 11.7 Å². The van der Waals surface area contributed by atoms with Gasteiger partial charge in [0.15, 0.2) is 11.5 Å². The lowest BCUT2D eigenvalue weighted by molar-refractivity contribution is -0.385. The van der Waals surface area contributed by atoms with Crippen LogP contribution in [0.2, 0.25) is 0 Å². The highest BCUT2D eigenvalue weighted by Gasteiger charge is 2.28. The van der Waals surface area contributed by atoms with E-state index in [1.807, 2.05) is 0 Å². The van der Waals surface area contributed by atoms with Crippen LogP contribution in [0.25, 0.3) is 0 Å². The van der Waals surface area contributed by atoms with E-state index in [2.05, 4.69) is 0 Å². The number of carboxylic acids is 1. The number of aromatic carboxylic acids is 1. The molecule has 1 aromatic carbocycles. The number of hydrogen-bond donors (Lipinski definition) is 1. The Kier molecular flexibility index (Phi) is 4.09.